The summed E-state index contributed by atoms with van der Waals surface area (Å²) in [6.45, 7) is 5.16. The molecule has 0 aromatic heterocycles. The first kappa shape index (κ1) is 11.0. The molecule has 1 rings (SSSR count). The Kier molecular flexibility index (Phi) is 3.94. The van der Waals surface area contributed by atoms with Crippen LogP contribution in [-0.4, -0.2) is 6.54 Å². The fourth-order valence-corrected chi connectivity index (χ4v) is 1.79. The summed E-state index contributed by atoms with van der Waals surface area (Å²) in [5.41, 5.74) is 3.56. The van der Waals surface area contributed by atoms with Crippen molar-refractivity contribution in [1.29, 1.82) is 5.26 Å². The molecule has 0 aliphatic rings. The molecule has 14 heavy (non-hydrogen) atoms. The van der Waals surface area contributed by atoms with Crippen LogP contribution in [0.3, 0.4) is 0 Å². The molecule has 0 unspecified atom stereocenters. The minimum Gasteiger partial charge on any atom is -0.300 e. The van der Waals surface area contributed by atoms with Crippen molar-refractivity contribution in [1.82, 2.24) is 5.32 Å². The molecule has 1 N–H and O–H groups in total. The van der Waals surface area contributed by atoms with E-state index in [-0.39, 0.29) is 0 Å². The summed E-state index contributed by atoms with van der Waals surface area (Å²) in [6, 6.07) is 5.94. The summed E-state index contributed by atoms with van der Waals surface area (Å²) in [5.74, 6) is 0. The maximum absolute atomic E-state index is 8.39. The van der Waals surface area contributed by atoms with Gasteiger partial charge in [0.15, 0.2) is 0 Å². The Morgan fingerprint density at radius 2 is 1.93 bits per heavy atom. The van der Waals surface area contributed by atoms with Crippen LogP contribution in [0.4, 0.5) is 0 Å². The van der Waals surface area contributed by atoms with Crippen molar-refractivity contribution < 1.29 is 0 Å². The largest absolute Gasteiger partial charge is 0.300 e. The van der Waals surface area contributed by atoms with E-state index in [0.717, 1.165) is 11.6 Å². The highest BCUT2D eigenvalue weighted by Crippen LogP contribution is 2.19. The summed E-state index contributed by atoms with van der Waals surface area (Å²) in [5, 5.41) is 12.2. The topological polar surface area (TPSA) is 35.8 Å². The lowest BCUT2D eigenvalue weighted by Crippen LogP contribution is -2.14. The molecule has 0 saturated heterocycles. The Hall–Kier alpha value is -1.04. The molecule has 1 aromatic carbocycles. The van der Waals surface area contributed by atoms with Crippen molar-refractivity contribution in [3.8, 4) is 6.07 Å². The van der Waals surface area contributed by atoms with Gasteiger partial charge in [0.05, 0.1) is 12.6 Å². The predicted molar refractivity (Wildman–Crippen MR) is 58.2 cm³/mol. The Bertz CT molecular complexity index is 343. The van der Waals surface area contributed by atoms with Gasteiger partial charge in [-0.1, -0.05) is 11.6 Å². The molecule has 0 atom stereocenters. The van der Waals surface area contributed by atoms with E-state index in [4.69, 9.17) is 16.9 Å². The number of nitriles is 1. The third kappa shape index (κ3) is 2.73. The van der Waals surface area contributed by atoms with Crippen LogP contribution in [0.5, 0.6) is 0 Å². The van der Waals surface area contributed by atoms with Gasteiger partial charge in [-0.2, -0.15) is 5.26 Å². The van der Waals surface area contributed by atoms with Crippen molar-refractivity contribution in [2.75, 3.05) is 6.54 Å². The van der Waals surface area contributed by atoms with E-state index in [2.05, 4.69) is 11.4 Å². The average molecular weight is 209 g/mol. The zero-order valence-corrected chi connectivity index (χ0v) is 9.15. The van der Waals surface area contributed by atoms with Crippen molar-refractivity contribution in [3.63, 3.8) is 0 Å². The van der Waals surface area contributed by atoms with Gasteiger partial charge < -0.3 is 5.32 Å². The van der Waals surface area contributed by atoms with E-state index < -0.39 is 0 Å². The molecule has 0 bridgehead atoms. The molecular weight excluding hydrogens is 196 g/mol. The SMILES string of the molecule is Cc1cc(Cl)cc(C)c1CNCC#N. The number of hydrogen-bond acceptors (Lipinski definition) is 2. The number of nitrogens with zero attached hydrogens (tertiary/aromatic N) is 1. The third-order valence-electron chi connectivity index (χ3n) is 2.17. The smallest absolute Gasteiger partial charge is 0.0843 e. The minimum atomic E-state index is 0.376. The van der Waals surface area contributed by atoms with E-state index >= 15 is 0 Å². The molecule has 0 aliphatic carbocycles. The highest BCUT2D eigenvalue weighted by molar-refractivity contribution is 6.30. The van der Waals surface area contributed by atoms with Crippen LogP contribution < -0.4 is 5.32 Å². The van der Waals surface area contributed by atoms with Gasteiger partial charge in [-0.15, -0.1) is 0 Å². The van der Waals surface area contributed by atoms with Crippen LogP contribution in [0.2, 0.25) is 5.02 Å². The second-order valence-corrected chi connectivity index (χ2v) is 3.72. The fraction of sp³-hybridized carbons (Fsp3) is 0.364. The van der Waals surface area contributed by atoms with Gasteiger partial charge in [0, 0.05) is 11.6 Å². The van der Waals surface area contributed by atoms with Crippen LogP contribution in [0, 0.1) is 25.2 Å². The van der Waals surface area contributed by atoms with E-state index in [1.165, 1.54) is 16.7 Å². The molecule has 74 valence electrons. The summed E-state index contributed by atoms with van der Waals surface area (Å²) >= 11 is 5.91. The van der Waals surface area contributed by atoms with Crippen LogP contribution in [-0.2, 0) is 6.54 Å². The summed E-state index contributed by atoms with van der Waals surface area (Å²) < 4.78 is 0. The van der Waals surface area contributed by atoms with Crippen molar-refractivity contribution >= 4 is 11.6 Å². The van der Waals surface area contributed by atoms with Crippen LogP contribution in [0.25, 0.3) is 0 Å². The van der Waals surface area contributed by atoms with Crippen LogP contribution >= 0.6 is 11.6 Å². The third-order valence-corrected chi connectivity index (χ3v) is 2.38. The highest BCUT2D eigenvalue weighted by atomic mass is 35.5. The zero-order chi connectivity index (χ0) is 10.6. The van der Waals surface area contributed by atoms with E-state index in [9.17, 15) is 0 Å². The van der Waals surface area contributed by atoms with Gasteiger partial charge in [-0.05, 0) is 42.7 Å². The van der Waals surface area contributed by atoms with Gasteiger partial charge in [0.1, 0.15) is 0 Å². The average Bonchev–Trinajstić information content (AvgIpc) is 2.09. The first-order chi connectivity index (χ1) is 6.65. The molecule has 1 aromatic rings. The first-order valence-corrected chi connectivity index (χ1v) is 4.86. The molecule has 0 heterocycles. The van der Waals surface area contributed by atoms with Gasteiger partial charge >= 0.3 is 0 Å². The van der Waals surface area contributed by atoms with E-state index in [0.29, 0.717) is 6.54 Å². The zero-order valence-electron chi connectivity index (χ0n) is 8.39. The second kappa shape index (κ2) is 4.99. The summed E-state index contributed by atoms with van der Waals surface area (Å²) in [7, 11) is 0. The quantitative estimate of drug-likeness (QED) is 0.612. The summed E-state index contributed by atoms with van der Waals surface area (Å²) in [6.07, 6.45) is 0. The Balaban J connectivity index is 2.81. The molecule has 0 spiro atoms. The fourth-order valence-electron chi connectivity index (χ4n) is 1.46. The maximum Gasteiger partial charge on any atom is 0.0843 e. The van der Waals surface area contributed by atoms with Gasteiger partial charge in [-0.25, -0.2) is 0 Å². The van der Waals surface area contributed by atoms with Crippen molar-refractivity contribution in [3.05, 3.63) is 33.8 Å². The Morgan fingerprint density at radius 1 is 1.36 bits per heavy atom. The van der Waals surface area contributed by atoms with E-state index in [1.54, 1.807) is 0 Å². The number of benzene rings is 1. The van der Waals surface area contributed by atoms with Gasteiger partial charge in [-0.3, -0.25) is 0 Å². The molecule has 0 amide bonds. The first-order valence-electron chi connectivity index (χ1n) is 4.48. The molecule has 0 radical (unpaired) electrons. The van der Waals surface area contributed by atoms with Gasteiger partial charge in [0.2, 0.25) is 0 Å². The van der Waals surface area contributed by atoms with E-state index in [1.807, 2.05) is 26.0 Å². The number of halogens is 1. The van der Waals surface area contributed by atoms with Crippen molar-refractivity contribution in [2.24, 2.45) is 0 Å². The predicted octanol–water partition coefficient (Wildman–Crippen LogP) is 2.57. The molecule has 2 nitrogen and oxygen atoms in total. The molecule has 0 saturated carbocycles. The molecular formula is C11H13ClN2. The molecule has 0 aliphatic heterocycles. The Morgan fingerprint density at radius 3 is 2.43 bits per heavy atom. The Labute approximate surface area is 89.5 Å². The lowest BCUT2D eigenvalue weighted by atomic mass is 10.0. The number of rotatable bonds is 3. The maximum atomic E-state index is 8.39. The monoisotopic (exact) mass is 208 g/mol. The number of aryl methyl sites for hydroxylation is 2. The van der Waals surface area contributed by atoms with Crippen molar-refractivity contribution in [2.45, 2.75) is 20.4 Å². The van der Waals surface area contributed by atoms with Gasteiger partial charge in [0.25, 0.3) is 0 Å². The lowest BCUT2D eigenvalue weighted by molar-refractivity contribution is 0.757. The lowest BCUT2D eigenvalue weighted by Gasteiger charge is -2.10. The molecule has 3 heteroatoms. The summed E-state index contributed by atoms with van der Waals surface area (Å²) in [4.78, 5) is 0. The second-order valence-electron chi connectivity index (χ2n) is 3.28. The highest BCUT2D eigenvalue weighted by Gasteiger charge is 2.03. The number of hydrogen-bond donors (Lipinski definition) is 1. The standard InChI is InChI=1S/C11H13ClN2/c1-8-5-10(12)6-9(2)11(8)7-14-4-3-13/h5-6,14H,4,7H2,1-2H3. The number of nitrogens with one attached hydrogen (secondary N) is 1. The normalized spacial score (nSPS) is 9.86. The van der Waals surface area contributed by atoms with Crippen LogP contribution in [0.15, 0.2) is 12.1 Å². The van der Waals surface area contributed by atoms with Crippen LogP contribution in [0.1, 0.15) is 16.7 Å². The minimum absolute atomic E-state index is 0.376. The molecule has 0 fully saturated rings.